The fourth-order valence-electron chi connectivity index (χ4n) is 4.95. The number of fused-ring (bicyclic) bond motifs is 1. The van der Waals surface area contributed by atoms with Gasteiger partial charge in [-0.15, -0.1) is 0 Å². The second-order valence-corrected chi connectivity index (χ2v) is 11.7. The van der Waals surface area contributed by atoms with Crippen LogP contribution in [0.3, 0.4) is 0 Å². The predicted molar refractivity (Wildman–Crippen MR) is 158 cm³/mol. The Hall–Kier alpha value is -4.57. The summed E-state index contributed by atoms with van der Waals surface area (Å²) in [5.74, 6) is 0.331. The fourth-order valence-corrected chi connectivity index (χ4v) is 4.95. The molecule has 0 saturated carbocycles. The molecule has 0 aliphatic carbocycles. The summed E-state index contributed by atoms with van der Waals surface area (Å²) in [6.07, 6.45) is 7.08. The molecule has 5 aromatic rings. The molecule has 0 bridgehead atoms. The number of nitrogens with one attached hydrogen (secondary N) is 1. The summed E-state index contributed by atoms with van der Waals surface area (Å²) in [6.45, 7) is 7.75. The molecule has 0 spiro atoms. The van der Waals surface area contributed by atoms with E-state index in [9.17, 15) is 4.79 Å². The van der Waals surface area contributed by atoms with Gasteiger partial charge in [0.15, 0.2) is 11.5 Å². The number of likely N-dealkylation sites (N-methyl/N-ethyl adjacent to an activating group) is 1. The van der Waals surface area contributed by atoms with Gasteiger partial charge in [-0.2, -0.15) is 4.98 Å². The highest BCUT2D eigenvalue weighted by Gasteiger charge is 2.24. The van der Waals surface area contributed by atoms with Crippen LogP contribution in [0.15, 0.2) is 59.4 Å². The molecule has 1 N–H and O–H groups in total. The van der Waals surface area contributed by atoms with E-state index < -0.39 is 5.82 Å². The number of Topliss-reactive ketones (excluding diaryl/α,β-unsaturated/α-hetero) is 1. The van der Waals surface area contributed by atoms with Crippen LogP contribution in [-0.4, -0.2) is 60.9 Å². The van der Waals surface area contributed by atoms with E-state index in [1.807, 2.05) is 45.2 Å². The van der Waals surface area contributed by atoms with E-state index in [-0.39, 0.29) is 29.9 Å². The van der Waals surface area contributed by atoms with E-state index in [1.165, 1.54) is 11.6 Å². The first kappa shape index (κ1) is 27.6. The first-order valence-corrected chi connectivity index (χ1v) is 14.0. The molecular formula is C32H32FN7O2. The maximum Gasteiger partial charge on any atom is 0.238 e. The van der Waals surface area contributed by atoms with Crippen molar-refractivity contribution >= 4 is 22.5 Å². The zero-order valence-electron chi connectivity index (χ0n) is 24.1. The number of rotatable bonds is 7. The van der Waals surface area contributed by atoms with E-state index in [4.69, 9.17) is 4.52 Å². The first-order valence-electron chi connectivity index (χ1n) is 14.0. The molecule has 1 aliphatic rings. The monoisotopic (exact) mass is 565 g/mol. The standard InChI is InChI=1S/C32H32FN7O2/c1-32(2,3)31-38-29(39-42-31)26(41)10-8-20-5-6-21(17-24(20)33)23-11-14-34-30-27(23)36-28(37-30)25-9-7-22(18-35-25)19-12-15-40(4)16-13-19/h5-7,9,11-12,14,17-18H,8,10,13,15-16H2,1-4H3,(H,34,36,37). The van der Waals surface area contributed by atoms with Crippen LogP contribution in [0.5, 0.6) is 0 Å². The number of pyridine rings is 2. The lowest BCUT2D eigenvalue weighted by atomic mass is 9.97. The van der Waals surface area contributed by atoms with Crippen molar-refractivity contribution in [2.75, 3.05) is 20.1 Å². The van der Waals surface area contributed by atoms with Gasteiger partial charge >= 0.3 is 0 Å². The molecule has 0 atom stereocenters. The van der Waals surface area contributed by atoms with Crippen LogP contribution in [0.2, 0.25) is 0 Å². The SMILES string of the molecule is CN1CC=C(c2ccc(-c3nc4nccc(-c5ccc(CCC(=O)c6noc(C(C)(C)C)n6)c(F)c5)c4[nH]3)nc2)CC1. The van der Waals surface area contributed by atoms with Crippen LogP contribution >= 0.6 is 0 Å². The van der Waals surface area contributed by atoms with Crippen LogP contribution in [0.1, 0.15) is 61.2 Å². The molecule has 1 aliphatic heterocycles. The van der Waals surface area contributed by atoms with Gasteiger partial charge in [0.1, 0.15) is 11.5 Å². The molecule has 0 radical (unpaired) electrons. The second kappa shape index (κ2) is 11.0. The number of benzene rings is 1. The van der Waals surface area contributed by atoms with E-state index in [1.54, 1.807) is 12.3 Å². The van der Waals surface area contributed by atoms with E-state index in [0.29, 0.717) is 39.7 Å². The smallest absolute Gasteiger partial charge is 0.238 e. The van der Waals surface area contributed by atoms with Gasteiger partial charge in [0.2, 0.25) is 17.5 Å². The van der Waals surface area contributed by atoms with Gasteiger partial charge in [0, 0.05) is 42.9 Å². The molecular weight excluding hydrogens is 533 g/mol. The summed E-state index contributed by atoms with van der Waals surface area (Å²) >= 11 is 0. The minimum atomic E-state index is -0.394. The molecule has 6 rings (SSSR count). The number of hydrogen-bond acceptors (Lipinski definition) is 8. The van der Waals surface area contributed by atoms with Gasteiger partial charge in [-0.3, -0.25) is 9.78 Å². The van der Waals surface area contributed by atoms with Gasteiger partial charge in [0.25, 0.3) is 0 Å². The van der Waals surface area contributed by atoms with Crippen LogP contribution in [0.4, 0.5) is 4.39 Å². The average Bonchev–Trinajstić information content (AvgIpc) is 3.65. The fraction of sp³-hybridized carbons (Fsp3) is 0.312. The molecule has 1 aromatic carbocycles. The summed E-state index contributed by atoms with van der Waals surface area (Å²) < 4.78 is 20.4. The van der Waals surface area contributed by atoms with Crippen LogP contribution in [-0.2, 0) is 11.8 Å². The van der Waals surface area contributed by atoms with Crippen molar-refractivity contribution in [3.05, 3.63) is 83.5 Å². The van der Waals surface area contributed by atoms with Crippen molar-refractivity contribution in [2.24, 2.45) is 0 Å². The number of carbonyl (C=O) groups excluding carboxylic acids is 1. The molecule has 10 heteroatoms. The molecule has 214 valence electrons. The molecule has 5 heterocycles. The van der Waals surface area contributed by atoms with Gasteiger partial charge in [-0.1, -0.05) is 50.2 Å². The van der Waals surface area contributed by atoms with Gasteiger partial charge in [0.05, 0.1) is 5.52 Å². The Morgan fingerprint density at radius 1 is 1.10 bits per heavy atom. The number of aromatic amines is 1. The Balaban J connectivity index is 1.19. The van der Waals surface area contributed by atoms with Crippen molar-refractivity contribution in [3.63, 3.8) is 0 Å². The number of carbonyl (C=O) groups is 1. The van der Waals surface area contributed by atoms with Gasteiger partial charge < -0.3 is 14.4 Å². The zero-order valence-corrected chi connectivity index (χ0v) is 24.1. The summed E-state index contributed by atoms with van der Waals surface area (Å²) in [7, 11) is 2.12. The lowest BCUT2D eigenvalue weighted by Crippen LogP contribution is -2.23. The Morgan fingerprint density at radius 3 is 2.62 bits per heavy atom. The number of aromatic nitrogens is 6. The Kier molecular flexibility index (Phi) is 7.24. The number of nitrogens with zero attached hydrogens (tertiary/aromatic N) is 6. The maximum absolute atomic E-state index is 15.2. The molecule has 0 fully saturated rings. The largest absolute Gasteiger partial charge is 0.338 e. The van der Waals surface area contributed by atoms with Crippen molar-refractivity contribution in [1.29, 1.82) is 0 Å². The maximum atomic E-state index is 15.2. The van der Waals surface area contributed by atoms with Gasteiger partial charge in [-0.05, 0) is 60.4 Å². The first-order chi connectivity index (χ1) is 20.2. The number of halogens is 1. The van der Waals surface area contributed by atoms with Crippen molar-refractivity contribution in [1.82, 2.24) is 35.0 Å². The molecule has 42 heavy (non-hydrogen) atoms. The van der Waals surface area contributed by atoms with E-state index in [0.717, 1.165) is 30.6 Å². The van der Waals surface area contributed by atoms with Gasteiger partial charge in [-0.25, -0.2) is 14.4 Å². The lowest BCUT2D eigenvalue weighted by molar-refractivity contribution is 0.0969. The number of hydrogen-bond donors (Lipinski definition) is 1. The summed E-state index contributed by atoms with van der Waals surface area (Å²) in [4.78, 5) is 36.2. The number of ketones is 1. The topological polar surface area (TPSA) is 114 Å². The highest BCUT2D eigenvalue weighted by Crippen LogP contribution is 2.30. The van der Waals surface area contributed by atoms with Crippen LogP contribution in [0, 0.1) is 5.82 Å². The third kappa shape index (κ3) is 5.62. The lowest BCUT2D eigenvalue weighted by Gasteiger charge is -2.21. The predicted octanol–water partition coefficient (Wildman–Crippen LogP) is 6.04. The van der Waals surface area contributed by atoms with Crippen molar-refractivity contribution in [3.8, 4) is 22.6 Å². The third-order valence-electron chi connectivity index (χ3n) is 7.48. The average molecular weight is 566 g/mol. The summed E-state index contributed by atoms with van der Waals surface area (Å²) in [5.41, 5.74) is 5.88. The molecule has 0 amide bonds. The normalized spacial score (nSPS) is 14.4. The third-order valence-corrected chi connectivity index (χ3v) is 7.48. The Morgan fingerprint density at radius 2 is 1.93 bits per heavy atom. The molecule has 9 nitrogen and oxygen atoms in total. The minimum Gasteiger partial charge on any atom is -0.338 e. The number of imidazole rings is 1. The van der Waals surface area contributed by atoms with Crippen LogP contribution < -0.4 is 0 Å². The van der Waals surface area contributed by atoms with Crippen molar-refractivity contribution < 1.29 is 13.7 Å². The highest BCUT2D eigenvalue weighted by atomic mass is 19.1. The summed E-state index contributed by atoms with van der Waals surface area (Å²) in [6, 6.07) is 10.9. The Bertz CT molecular complexity index is 1800. The summed E-state index contributed by atoms with van der Waals surface area (Å²) in [5, 5.41) is 3.80. The minimum absolute atomic E-state index is 0.0224. The molecule has 0 unspecified atom stereocenters. The van der Waals surface area contributed by atoms with Crippen LogP contribution in [0.25, 0.3) is 39.4 Å². The number of aryl methyl sites for hydroxylation is 1. The quantitative estimate of drug-likeness (QED) is 0.238. The second-order valence-electron chi connectivity index (χ2n) is 11.7. The highest BCUT2D eigenvalue weighted by molar-refractivity contribution is 5.93. The zero-order chi connectivity index (χ0) is 29.4. The Labute approximate surface area is 242 Å². The van der Waals surface area contributed by atoms with Crippen molar-refractivity contribution in [2.45, 2.75) is 45.4 Å². The van der Waals surface area contributed by atoms with E-state index in [2.05, 4.69) is 54.2 Å². The molecule has 4 aromatic heterocycles. The molecule has 0 saturated heterocycles. The van der Waals surface area contributed by atoms with E-state index >= 15 is 4.39 Å². The number of H-pyrrole nitrogens is 1.